The summed E-state index contributed by atoms with van der Waals surface area (Å²) in [7, 11) is 0. The largest absolute Gasteiger partial charge is 0.382 e. The number of hydrogen-bond donors (Lipinski definition) is 2. The smallest absolute Gasteiger partial charge is 0.256 e. The lowest BCUT2D eigenvalue weighted by molar-refractivity contribution is -0.162. The van der Waals surface area contributed by atoms with Crippen LogP contribution in [0, 0.1) is 11.6 Å². The van der Waals surface area contributed by atoms with E-state index in [0.29, 0.717) is 6.07 Å². The summed E-state index contributed by atoms with van der Waals surface area (Å²) in [5.74, 6) is -3.79. The van der Waals surface area contributed by atoms with E-state index in [0.717, 1.165) is 11.6 Å². The molecule has 0 aromatic heterocycles. The maximum absolute atomic E-state index is 13.9. The Morgan fingerprint density at radius 2 is 1.91 bits per heavy atom. The second kappa shape index (κ2) is 8.86. The Kier molecular flexibility index (Phi) is 5.86. The molecule has 2 saturated heterocycles. The van der Waals surface area contributed by atoms with Crippen LogP contribution in [-0.2, 0) is 25.7 Å². The lowest BCUT2D eigenvalue weighted by Gasteiger charge is -2.45. The Bertz CT molecular complexity index is 1220. The van der Waals surface area contributed by atoms with Gasteiger partial charge in [-0.25, -0.2) is 8.78 Å². The number of halogens is 2. The molecule has 3 heterocycles. The molecule has 5 rings (SSSR count). The van der Waals surface area contributed by atoms with Crippen LogP contribution in [0.1, 0.15) is 24.2 Å². The van der Waals surface area contributed by atoms with Crippen molar-refractivity contribution in [3.05, 3.63) is 83.1 Å². The third kappa shape index (κ3) is 3.98. The zero-order valence-electron chi connectivity index (χ0n) is 18.7. The number of aliphatic hydroxyl groups is 1. The third-order valence-corrected chi connectivity index (χ3v) is 6.68. The number of nitrogens with one attached hydrogen (secondary N) is 1. The highest BCUT2D eigenvalue weighted by Gasteiger charge is 2.54. The Labute approximate surface area is 199 Å². The molecule has 2 fully saturated rings. The van der Waals surface area contributed by atoms with Crippen LogP contribution in [0.4, 0.5) is 8.78 Å². The number of carbonyl (C=O) groups is 3. The SMILES string of the molecule is C[C@H]1C(c2ccccc2)O[C@@H]2CN3C=C(C(=O)NCc4ccc(F)cc4F)C(=O)C(O)C3C(=O)N21. The lowest BCUT2D eigenvalue weighted by atomic mass is 9.91. The summed E-state index contributed by atoms with van der Waals surface area (Å²) in [4.78, 5) is 41.9. The summed E-state index contributed by atoms with van der Waals surface area (Å²) in [6.45, 7) is 1.72. The Balaban J connectivity index is 1.36. The summed E-state index contributed by atoms with van der Waals surface area (Å²) in [6, 6.07) is 10.9. The van der Waals surface area contributed by atoms with Gasteiger partial charge in [0.05, 0.1) is 12.6 Å². The van der Waals surface area contributed by atoms with Gasteiger partial charge in [0, 0.05) is 24.4 Å². The summed E-state index contributed by atoms with van der Waals surface area (Å²) in [5.41, 5.74) is 0.578. The standard InChI is InChI=1S/C25H23F2N3O5/c1-13-23(14-5-3-2-4-6-14)35-19-12-29-11-17(21(31)22(32)20(29)25(34)30(13)19)24(33)28-10-15-7-8-16(26)9-18(15)27/h2-9,11,13,19-20,22-23,32H,10,12H2,1H3,(H,28,33)/t13-,19+,20?,22?,23?/m0/s1. The summed E-state index contributed by atoms with van der Waals surface area (Å²) < 4.78 is 33.1. The van der Waals surface area contributed by atoms with Gasteiger partial charge in [-0.2, -0.15) is 0 Å². The molecule has 0 bridgehead atoms. The number of carbonyl (C=O) groups excluding carboxylic acids is 3. The first-order valence-corrected chi connectivity index (χ1v) is 11.2. The summed E-state index contributed by atoms with van der Waals surface area (Å²) in [5, 5.41) is 13.1. The number of amides is 2. The van der Waals surface area contributed by atoms with Gasteiger partial charge in [0.1, 0.15) is 35.5 Å². The highest BCUT2D eigenvalue weighted by atomic mass is 19.1. The van der Waals surface area contributed by atoms with Gasteiger partial charge in [-0.3, -0.25) is 14.4 Å². The number of ketones is 1. The van der Waals surface area contributed by atoms with Crippen molar-refractivity contribution in [1.29, 1.82) is 0 Å². The van der Waals surface area contributed by atoms with E-state index in [1.165, 1.54) is 17.2 Å². The molecule has 3 aliphatic heterocycles. The van der Waals surface area contributed by atoms with Crippen molar-refractivity contribution in [1.82, 2.24) is 15.1 Å². The summed E-state index contributed by atoms with van der Waals surface area (Å²) >= 11 is 0. The van der Waals surface area contributed by atoms with Gasteiger partial charge in [-0.05, 0) is 18.6 Å². The van der Waals surface area contributed by atoms with E-state index in [1.807, 2.05) is 37.3 Å². The maximum atomic E-state index is 13.9. The molecule has 2 aromatic rings. The van der Waals surface area contributed by atoms with Gasteiger partial charge in [-0.1, -0.05) is 36.4 Å². The number of aliphatic hydroxyl groups excluding tert-OH is 1. The number of benzene rings is 2. The van der Waals surface area contributed by atoms with E-state index in [9.17, 15) is 28.3 Å². The highest BCUT2D eigenvalue weighted by molar-refractivity contribution is 6.22. The topological polar surface area (TPSA) is 99.2 Å². The van der Waals surface area contributed by atoms with E-state index in [1.54, 1.807) is 4.90 Å². The Morgan fingerprint density at radius 1 is 1.17 bits per heavy atom. The first kappa shape index (κ1) is 23.1. The van der Waals surface area contributed by atoms with Gasteiger partial charge < -0.3 is 25.0 Å². The van der Waals surface area contributed by atoms with Crippen LogP contribution in [-0.4, -0.2) is 63.5 Å². The molecule has 2 N–H and O–H groups in total. The Hall–Kier alpha value is -3.63. The second-order valence-corrected chi connectivity index (χ2v) is 8.82. The molecular weight excluding hydrogens is 460 g/mol. The molecule has 0 radical (unpaired) electrons. The van der Waals surface area contributed by atoms with Gasteiger partial charge in [0.2, 0.25) is 5.78 Å². The normalized spacial score (nSPS) is 27.9. The van der Waals surface area contributed by atoms with Crippen LogP contribution in [0.2, 0.25) is 0 Å². The predicted molar refractivity (Wildman–Crippen MR) is 118 cm³/mol. The second-order valence-electron chi connectivity index (χ2n) is 8.82. The zero-order chi connectivity index (χ0) is 24.9. The van der Waals surface area contributed by atoms with Crippen molar-refractivity contribution >= 4 is 17.6 Å². The molecular formula is C25H23F2N3O5. The fraction of sp³-hybridized carbons (Fsp3) is 0.320. The minimum atomic E-state index is -1.75. The van der Waals surface area contributed by atoms with Crippen molar-refractivity contribution in [2.24, 2.45) is 0 Å². The predicted octanol–water partition coefficient (Wildman–Crippen LogP) is 1.41. The van der Waals surface area contributed by atoms with Crippen molar-refractivity contribution in [3.8, 4) is 0 Å². The van der Waals surface area contributed by atoms with Crippen LogP contribution < -0.4 is 5.32 Å². The molecule has 5 atom stereocenters. The number of Topliss-reactive ketones (excluding diaryl/α,β-unsaturated/α-hetero) is 1. The van der Waals surface area contributed by atoms with Crippen LogP contribution in [0.5, 0.6) is 0 Å². The Morgan fingerprint density at radius 3 is 2.63 bits per heavy atom. The average Bonchev–Trinajstić information content (AvgIpc) is 3.17. The van der Waals surface area contributed by atoms with Gasteiger partial charge in [0.25, 0.3) is 11.8 Å². The number of ether oxygens (including phenoxy) is 1. The van der Waals surface area contributed by atoms with Crippen LogP contribution >= 0.6 is 0 Å². The molecule has 2 amide bonds. The van der Waals surface area contributed by atoms with Gasteiger partial charge in [-0.15, -0.1) is 0 Å². The molecule has 0 spiro atoms. The number of rotatable bonds is 4. The minimum Gasteiger partial charge on any atom is -0.382 e. The molecule has 182 valence electrons. The van der Waals surface area contributed by atoms with E-state index in [-0.39, 0.29) is 36.4 Å². The first-order valence-electron chi connectivity index (χ1n) is 11.2. The van der Waals surface area contributed by atoms with E-state index in [2.05, 4.69) is 5.32 Å². The molecule has 10 heteroatoms. The van der Waals surface area contributed by atoms with Crippen molar-refractivity contribution in [2.75, 3.05) is 6.54 Å². The van der Waals surface area contributed by atoms with Crippen LogP contribution in [0.15, 0.2) is 60.3 Å². The fourth-order valence-corrected chi connectivity index (χ4v) is 4.91. The number of hydrogen-bond acceptors (Lipinski definition) is 6. The molecule has 3 aliphatic rings. The molecule has 8 nitrogen and oxygen atoms in total. The monoisotopic (exact) mass is 483 g/mol. The van der Waals surface area contributed by atoms with E-state index in [4.69, 9.17) is 4.74 Å². The first-order chi connectivity index (χ1) is 16.8. The van der Waals surface area contributed by atoms with Gasteiger partial charge >= 0.3 is 0 Å². The zero-order valence-corrected chi connectivity index (χ0v) is 18.7. The highest BCUT2D eigenvalue weighted by Crippen LogP contribution is 2.39. The fourth-order valence-electron chi connectivity index (χ4n) is 4.91. The average molecular weight is 483 g/mol. The van der Waals surface area contributed by atoms with Crippen molar-refractivity contribution in [3.63, 3.8) is 0 Å². The summed E-state index contributed by atoms with van der Waals surface area (Å²) in [6.07, 6.45) is -1.51. The molecule has 2 aromatic carbocycles. The third-order valence-electron chi connectivity index (χ3n) is 6.68. The lowest BCUT2D eigenvalue weighted by Crippen LogP contribution is -2.66. The van der Waals surface area contributed by atoms with Crippen molar-refractivity contribution in [2.45, 2.75) is 44.0 Å². The van der Waals surface area contributed by atoms with Crippen LogP contribution in [0.25, 0.3) is 0 Å². The molecule has 0 aliphatic carbocycles. The molecule has 0 saturated carbocycles. The number of fused-ring (bicyclic) bond motifs is 2. The molecule has 35 heavy (non-hydrogen) atoms. The van der Waals surface area contributed by atoms with Crippen LogP contribution in [0.3, 0.4) is 0 Å². The number of nitrogens with zero attached hydrogens (tertiary/aromatic N) is 2. The van der Waals surface area contributed by atoms with Gasteiger partial charge in [0.15, 0.2) is 6.23 Å². The maximum Gasteiger partial charge on any atom is 0.256 e. The molecule has 3 unspecified atom stereocenters. The van der Waals surface area contributed by atoms with E-state index >= 15 is 0 Å². The number of piperazine rings is 1. The van der Waals surface area contributed by atoms with E-state index < -0.39 is 47.6 Å². The minimum absolute atomic E-state index is 0.0334. The van der Waals surface area contributed by atoms with Crippen molar-refractivity contribution < 1.29 is 33.0 Å². The quantitative estimate of drug-likeness (QED) is 0.639.